The molecule has 0 aliphatic rings. The van der Waals surface area contributed by atoms with Crippen LogP contribution in [0.2, 0.25) is 43.8 Å². The zero-order valence-corrected chi connectivity index (χ0v) is 29.9. The van der Waals surface area contributed by atoms with E-state index in [1.165, 1.54) is 20.8 Å². The van der Waals surface area contributed by atoms with Gasteiger partial charge in [-0.05, 0) is 70.4 Å². The molecule has 40 heavy (non-hydrogen) atoms. The average molecular weight is 639 g/mol. The summed E-state index contributed by atoms with van der Waals surface area (Å²) < 4.78 is 40.9. The summed E-state index contributed by atoms with van der Waals surface area (Å²) >= 11 is 0. The van der Waals surface area contributed by atoms with Crippen LogP contribution in [-0.2, 0) is 50.5 Å². The maximum absolute atomic E-state index is 11.9. The van der Waals surface area contributed by atoms with Crippen LogP contribution in [-0.4, -0.2) is 86.2 Å². The Morgan fingerprint density at radius 1 is 0.575 bits per heavy atom. The predicted molar refractivity (Wildman–Crippen MR) is 161 cm³/mol. The predicted octanol–water partition coefficient (Wildman–Crippen LogP) is 3.40. The fraction of sp³-hybridized carbons (Fsp3) is 0.760. The van der Waals surface area contributed by atoms with Crippen molar-refractivity contribution in [2.45, 2.75) is 97.2 Å². The third kappa shape index (κ3) is 21.2. The Bertz CT molecular complexity index is 723. The van der Waals surface area contributed by atoms with E-state index in [0.717, 1.165) is 18.1 Å². The Balaban J connectivity index is 5.61. The first kappa shape index (κ1) is 38.4. The molecule has 0 rings (SSSR count). The molecule has 0 amide bonds. The van der Waals surface area contributed by atoms with Gasteiger partial charge in [-0.25, -0.2) is 4.79 Å². The van der Waals surface area contributed by atoms with Crippen LogP contribution in [0.4, 0.5) is 0 Å². The summed E-state index contributed by atoms with van der Waals surface area (Å²) in [5.74, 6) is -1.36. The first-order valence-electron chi connectivity index (χ1n) is 14.0. The van der Waals surface area contributed by atoms with Gasteiger partial charge < -0.3 is 31.3 Å². The lowest BCUT2D eigenvalue weighted by atomic mass is 10.4. The Morgan fingerprint density at radius 3 is 1.20 bits per heavy atom. The summed E-state index contributed by atoms with van der Waals surface area (Å²) in [6.45, 7) is 16.9. The summed E-state index contributed by atoms with van der Waals surface area (Å²) in [4.78, 5) is 45.3. The average Bonchev–Trinajstić information content (AvgIpc) is 2.84. The molecule has 0 saturated heterocycles. The van der Waals surface area contributed by atoms with Gasteiger partial charge >= 0.3 is 32.7 Å². The van der Waals surface area contributed by atoms with E-state index in [1.807, 2.05) is 0 Å². The van der Waals surface area contributed by atoms with E-state index >= 15 is 0 Å². The molecule has 15 heteroatoms. The van der Waals surface area contributed by atoms with Crippen molar-refractivity contribution in [3.63, 3.8) is 0 Å². The van der Waals surface area contributed by atoms with Gasteiger partial charge in [-0.2, -0.15) is 0 Å². The number of rotatable bonds is 23. The van der Waals surface area contributed by atoms with Crippen molar-refractivity contribution >= 4 is 59.8 Å². The lowest BCUT2D eigenvalue weighted by Crippen LogP contribution is -2.54. The van der Waals surface area contributed by atoms with Crippen LogP contribution in [0.5, 0.6) is 0 Å². The fourth-order valence-corrected chi connectivity index (χ4v) is 18.8. The van der Waals surface area contributed by atoms with E-state index in [4.69, 9.17) is 31.3 Å². The van der Waals surface area contributed by atoms with Gasteiger partial charge in [-0.15, -0.1) is 0 Å². The summed E-state index contributed by atoms with van der Waals surface area (Å²) in [6.07, 6.45) is 2.60. The third-order valence-electron chi connectivity index (χ3n) is 5.53. The molecule has 0 fully saturated rings. The maximum Gasteiger partial charge on any atom is 0.469 e. The third-order valence-corrected chi connectivity index (χ3v) is 19.3. The summed E-state index contributed by atoms with van der Waals surface area (Å²) in [7, 11) is -8.54. The minimum Gasteiger partial charge on any atom is -0.466 e. The Morgan fingerprint density at radius 2 is 0.900 bits per heavy atom. The maximum atomic E-state index is 11.9. The van der Waals surface area contributed by atoms with Crippen molar-refractivity contribution in [1.29, 1.82) is 0 Å². The van der Waals surface area contributed by atoms with Gasteiger partial charge in [0.2, 0.25) is 0 Å². The van der Waals surface area contributed by atoms with Gasteiger partial charge in [0.05, 0.1) is 26.4 Å². The lowest BCUT2D eigenvalue weighted by Gasteiger charge is -2.37. The highest BCUT2D eigenvalue weighted by atomic mass is 28.5. The standard InChI is InChI=1S/C25H50O11Si4/c1-21(2)25(29)33-16-12-20-40(34-37(6)17-9-13-30-22(3)26,35-38(7)18-10-14-31-23(4)27)36-39(8)19-11-15-32-24(5)28/h37-39H,1,9-20H2,2-8H3. The van der Waals surface area contributed by atoms with Crippen LogP contribution in [0.15, 0.2) is 12.2 Å². The Labute approximate surface area is 245 Å². The van der Waals surface area contributed by atoms with Crippen molar-refractivity contribution in [2.75, 3.05) is 26.4 Å². The van der Waals surface area contributed by atoms with Crippen molar-refractivity contribution in [1.82, 2.24) is 0 Å². The van der Waals surface area contributed by atoms with E-state index in [1.54, 1.807) is 6.92 Å². The molecule has 232 valence electrons. The largest absolute Gasteiger partial charge is 0.469 e. The molecule has 11 nitrogen and oxygen atoms in total. The van der Waals surface area contributed by atoms with Gasteiger partial charge in [-0.1, -0.05) is 6.58 Å². The smallest absolute Gasteiger partial charge is 0.466 e. The van der Waals surface area contributed by atoms with Crippen molar-refractivity contribution in [3.8, 4) is 0 Å². The first-order chi connectivity index (χ1) is 18.8. The molecule has 0 aromatic heterocycles. The number of carbonyl (C=O) groups excluding carboxylic acids is 4. The lowest BCUT2D eigenvalue weighted by molar-refractivity contribution is -0.141. The molecular weight excluding hydrogens is 589 g/mol. The number of carbonyl (C=O) groups is 4. The molecule has 0 aromatic rings. The van der Waals surface area contributed by atoms with Crippen LogP contribution < -0.4 is 0 Å². The van der Waals surface area contributed by atoms with Crippen LogP contribution in [0, 0.1) is 0 Å². The number of ether oxygens (including phenoxy) is 4. The highest BCUT2D eigenvalue weighted by molar-refractivity contribution is 6.80. The minimum absolute atomic E-state index is 0.198. The van der Waals surface area contributed by atoms with Crippen LogP contribution in [0.1, 0.15) is 53.4 Å². The number of esters is 4. The Hall–Kier alpha value is -1.63. The second-order valence-electron chi connectivity index (χ2n) is 9.94. The van der Waals surface area contributed by atoms with E-state index in [9.17, 15) is 19.2 Å². The topological polar surface area (TPSA) is 133 Å². The van der Waals surface area contributed by atoms with Crippen molar-refractivity contribution in [3.05, 3.63) is 12.2 Å². The molecule has 0 aromatic carbocycles. The molecule has 0 spiro atoms. The van der Waals surface area contributed by atoms with Crippen molar-refractivity contribution < 1.29 is 50.5 Å². The van der Waals surface area contributed by atoms with Gasteiger partial charge in [-0.3, -0.25) is 14.4 Å². The van der Waals surface area contributed by atoms with E-state index in [2.05, 4.69) is 26.2 Å². The molecule has 0 bridgehead atoms. The molecule has 0 aliphatic carbocycles. The second-order valence-corrected chi connectivity index (χ2v) is 21.2. The SMILES string of the molecule is C=C(C)C(=O)OCCC[Si](O[SiH](C)CCCOC(C)=O)(O[SiH](C)CCCOC(C)=O)O[SiH](C)CCCOC(C)=O. The Kier molecular flexibility index (Phi) is 21.1. The highest BCUT2D eigenvalue weighted by Crippen LogP contribution is 2.25. The minimum atomic E-state index is -3.18. The van der Waals surface area contributed by atoms with Gasteiger partial charge in [0.1, 0.15) is 0 Å². The molecule has 0 aliphatic heterocycles. The van der Waals surface area contributed by atoms with Crippen molar-refractivity contribution in [2.24, 2.45) is 0 Å². The van der Waals surface area contributed by atoms with Crippen LogP contribution in [0.25, 0.3) is 0 Å². The zero-order valence-electron chi connectivity index (χ0n) is 25.4. The summed E-state index contributed by atoms with van der Waals surface area (Å²) in [5.41, 5.74) is 0.337. The summed E-state index contributed by atoms with van der Waals surface area (Å²) in [5, 5.41) is 0. The van der Waals surface area contributed by atoms with Crippen LogP contribution >= 0.6 is 0 Å². The van der Waals surface area contributed by atoms with Gasteiger partial charge in [0.15, 0.2) is 27.1 Å². The van der Waals surface area contributed by atoms with Gasteiger partial charge in [0.25, 0.3) is 0 Å². The molecule has 0 heterocycles. The van der Waals surface area contributed by atoms with E-state index in [-0.39, 0.29) is 24.5 Å². The highest BCUT2D eigenvalue weighted by Gasteiger charge is 2.44. The number of hydrogen-bond acceptors (Lipinski definition) is 11. The normalized spacial score (nSPS) is 14.8. The first-order valence-corrected chi connectivity index (χ1v) is 23.3. The van der Waals surface area contributed by atoms with Crippen LogP contribution in [0.3, 0.4) is 0 Å². The fourth-order valence-electron chi connectivity index (χ4n) is 3.69. The number of hydrogen-bond donors (Lipinski definition) is 0. The molecule has 0 saturated carbocycles. The van der Waals surface area contributed by atoms with E-state index in [0.29, 0.717) is 57.1 Å². The quantitative estimate of drug-likeness (QED) is 0.0536. The molecule has 0 N–H and O–H groups in total. The molecular formula is C25H50O11Si4. The molecule has 0 radical (unpaired) electrons. The summed E-state index contributed by atoms with van der Waals surface area (Å²) in [6, 6.07) is 2.85. The van der Waals surface area contributed by atoms with E-state index < -0.39 is 41.9 Å². The zero-order chi connectivity index (χ0) is 30.6. The molecule has 3 atom stereocenters. The second kappa shape index (κ2) is 22.0. The van der Waals surface area contributed by atoms with Gasteiger partial charge in [0, 0.05) is 32.4 Å². The molecule has 3 unspecified atom stereocenters. The monoisotopic (exact) mass is 638 g/mol.